The lowest BCUT2D eigenvalue weighted by Crippen LogP contribution is -2.53. The number of hydrogen-bond acceptors (Lipinski definition) is 3. The monoisotopic (exact) mass is 230 g/mol. The van der Waals surface area contributed by atoms with Crippen molar-refractivity contribution in [3.63, 3.8) is 0 Å². The van der Waals surface area contributed by atoms with Crippen LogP contribution in [-0.4, -0.2) is 43.2 Å². The Morgan fingerprint density at radius 3 is 2.25 bits per heavy atom. The van der Waals surface area contributed by atoms with Crippen LogP contribution in [0.2, 0.25) is 0 Å². The van der Waals surface area contributed by atoms with Crippen molar-refractivity contribution in [3.8, 4) is 0 Å². The molecule has 4 heteroatoms. The average molecular weight is 230 g/mol. The Hall–Kier alpha value is -0.610. The Balaban J connectivity index is 4.65. The molecule has 0 saturated carbocycles. The zero-order valence-electron chi connectivity index (χ0n) is 11.4. The molecule has 16 heavy (non-hydrogen) atoms. The van der Waals surface area contributed by atoms with Gasteiger partial charge in [-0.25, -0.2) is 0 Å². The molecule has 0 bridgehead atoms. The van der Waals surface area contributed by atoms with Crippen molar-refractivity contribution in [2.45, 2.75) is 46.7 Å². The van der Waals surface area contributed by atoms with Gasteiger partial charge in [0.2, 0.25) is 5.91 Å². The fourth-order valence-electron chi connectivity index (χ4n) is 1.56. The van der Waals surface area contributed by atoms with E-state index >= 15 is 0 Å². The van der Waals surface area contributed by atoms with Gasteiger partial charge in [-0.2, -0.15) is 0 Å². The van der Waals surface area contributed by atoms with Gasteiger partial charge >= 0.3 is 0 Å². The molecule has 2 atom stereocenters. The normalized spacial score (nSPS) is 15.7. The summed E-state index contributed by atoms with van der Waals surface area (Å²) < 4.78 is 5.07. The van der Waals surface area contributed by atoms with E-state index in [-0.39, 0.29) is 17.4 Å². The number of carbonyl (C=O) groups is 1. The third-order valence-corrected chi connectivity index (χ3v) is 2.76. The Morgan fingerprint density at radius 2 is 1.94 bits per heavy atom. The summed E-state index contributed by atoms with van der Waals surface area (Å²) >= 11 is 0. The van der Waals surface area contributed by atoms with Crippen LogP contribution in [0.1, 0.15) is 34.6 Å². The minimum Gasteiger partial charge on any atom is -0.383 e. The van der Waals surface area contributed by atoms with Crippen molar-refractivity contribution >= 4 is 5.91 Å². The molecule has 0 aliphatic heterocycles. The van der Waals surface area contributed by atoms with Crippen molar-refractivity contribution in [3.05, 3.63) is 0 Å². The van der Waals surface area contributed by atoms with Crippen LogP contribution in [0, 0.1) is 5.41 Å². The average Bonchev–Trinajstić information content (AvgIpc) is 2.16. The van der Waals surface area contributed by atoms with Gasteiger partial charge in [0.1, 0.15) is 0 Å². The molecule has 0 radical (unpaired) electrons. The molecular weight excluding hydrogens is 204 g/mol. The highest BCUT2D eigenvalue weighted by atomic mass is 16.5. The fraction of sp³-hybridized carbons (Fsp3) is 0.917. The minimum absolute atomic E-state index is 0.000417. The lowest BCUT2D eigenvalue weighted by Gasteiger charge is -2.34. The van der Waals surface area contributed by atoms with Gasteiger partial charge in [-0.15, -0.1) is 0 Å². The van der Waals surface area contributed by atoms with Crippen LogP contribution in [0.25, 0.3) is 0 Å². The summed E-state index contributed by atoms with van der Waals surface area (Å²) in [6.45, 7) is 11.1. The van der Waals surface area contributed by atoms with Crippen molar-refractivity contribution in [2.75, 3.05) is 20.3 Å². The summed E-state index contributed by atoms with van der Waals surface area (Å²) in [7, 11) is 1.64. The minimum atomic E-state index is -0.466. The van der Waals surface area contributed by atoms with E-state index < -0.39 is 6.04 Å². The van der Waals surface area contributed by atoms with Gasteiger partial charge in [0.15, 0.2) is 0 Å². The summed E-state index contributed by atoms with van der Waals surface area (Å²) in [5.41, 5.74) is 5.76. The molecule has 1 amide bonds. The molecule has 0 aromatic rings. The quantitative estimate of drug-likeness (QED) is 0.773. The van der Waals surface area contributed by atoms with E-state index in [0.717, 1.165) is 0 Å². The van der Waals surface area contributed by atoms with Crippen molar-refractivity contribution < 1.29 is 9.53 Å². The Labute approximate surface area is 99.1 Å². The second kappa shape index (κ2) is 6.21. The standard InChI is InChI=1S/C12H26N2O2/c1-7-14(9(2)8-16-6)11(15)10(13)12(3,4)5/h9-10H,7-8,13H2,1-6H3/t9?,10-/m0/s1. The van der Waals surface area contributed by atoms with E-state index in [1.807, 2.05) is 34.6 Å². The predicted molar refractivity (Wildman–Crippen MR) is 66.2 cm³/mol. The molecule has 0 saturated heterocycles. The number of likely N-dealkylation sites (N-methyl/N-ethyl adjacent to an activating group) is 1. The Kier molecular flexibility index (Phi) is 5.97. The first-order chi connectivity index (χ1) is 7.25. The van der Waals surface area contributed by atoms with Gasteiger partial charge in [0.25, 0.3) is 0 Å². The van der Waals surface area contributed by atoms with Gasteiger partial charge in [-0.05, 0) is 19.3 Å². The van der Waals surface area contributed by atoms with Crippen LogP contribution in [0.5, 0.6) is 0 Å². The molecule has 0 rings (SSSR count). The second-order valence-electron chi connectivity index (χ2n) is 5.27. The largest absolute Gasteiger partial charge is 0.383 e. The fourth-order valence-corrected chi connectivity index (χ4v) is 1.56. The van der Waals surface area contributed by atoms with Crippen LogP contribution >= 0.6 is 0 Å². The molecule has 96 valence electrons. The number of rotatable bonds is 5. The van der Waals surface area contributed by atoms with Crippen molar-refractivity contribution in [1.29, 1.82) is 0 Å². The first kappa shape index (κ1) is 15.4. The van der Waals surface area contributed by atoms with Gasteiger partial charge in [-0.1, -0.05) is 20.8 Å². The zero-order chi connectivity index (χ0) is 12.9. The number of carbonyl (C=O) groups excluding carboxylic acids is 1. The van der Waals surface area contributed by atoms with Crippen LogP contribution < -0.4 is 5.73 Å². The van der Waals surface area contributed by atoms with E-state index in [1.54, 1.807) is 12.0 Å². The summed E-state index contributed by atoms with van der Waals surface area (Å²) in [5, 5.41) is 0. The second-order valence-corrected chi connectivity index (χ2v) is 5.27. The smallest absolute Gasteiger partial charge is 0.240 e. The molecule has 0 aromatic carbocycles. The summed E-state index contributed by atoms with van der Waals surface area (Å²) in [6.07, 6.45) is 0. The topological polar surface area (TPSA) is 55.6 Å². The number of nitrogens with zero attached hydrogens (tertiary/aromatic N) is 1. The number of nitrogens with two attached hydrogens (primary N) is 1. The van der Waals surface area contributed by atoms with Crippen LogP contribution in [0.15, 0.2) is 0 Å². The van der Waals surface area contributed by atoms with Crippen LogP contribution in [0.4, 0.5) is 0 Å². The SMILES string of the molecule is CCN(C(=O)[C@H](N)C(C)(C)C)C(C)COC. The van der Waals surface area contributed by atoms with Gasteiger partial charge < -0.3 is 15.4 Å². The van der Waals surface area contributed by atoms with E-state index in [2.05, 4.69) is 0 Å². The molecule has 1 unspecified atom stereocenters. The summed E-state index contributed by atoms with van der Waals surface area (Å²) in [6, 6.07) is -0.400. The maximum Gasteiger partial charge on any atom is 0.240 e. The lowest BCUT2D eigenvalue weighted by molar-refractivity contribution is -0.137. The number of ether oxygens (including phenoxy) is 1. The number of methoxy groups -OCH3 is 1. The predicted octanol–water partition coefficient (Wildman–Crippen LogP) is 1.24. The van der Waals surface area contributed by atoms with Crippen LogP contribution in [-0.2, 0) is 9.53 Å². The molecule has 2 N–H and O–H groups in total. The van der Waals surface area contributed by atoms with E-state index in [9.17, 15) is 4.79 Å². The molecule has 0 aromatic heterocycles. The summed E-state index contributed by atoms with van der Waals surface area (Å²) in [4.78, 5) is 14.0. The van der Waals surface area contributed by atoms with Crippen molar-refractivity contribution in [2.24, 2.45) is 11.1 Å². The first-order valence-electron chi connectivity index (χ1n) is 5.80. The molecular formula is C12H26N2O2. The zero-order valence-corrected chi connectivity index (χ0v) is 11.4. The Morgan fingerprint density at radius 1 is 1.44 bits per heavy atom. The molecule has 0 fully saturated rings. The Bertz CT molecular complexity index is 224. The molecule has 0 heterocycles. The number of amides is 1. The molecule has 0 aliphatic carbocycles. The third kappa shape index (κ3) is 4.10. The van der Waals surface area contributed by atoms with Gasteiger partial charge in [0.05, 0.1) is 18.7 Å². The maximum absolute atomic E-state index is 12.2. The number of hydrogen-bond donors (Lipinski definition) is 1. The van der Waals surface area contributed by atoms with Gasteiger partial charge in [0, 0.05) is 13.7 Å². The van der Waals surface area contributed by atoms with E-state index in [0.29, 0.717) is 13.2 Å². The lowest BCUT2D eigenvalue weighted by atomic mass is 9.86. The van der Waals surface area contributed by atoms with Crippen molar-refractivity contribution in [1.82, 2.24) is 4.90 Å². The molecule has 0 spiro atoms. The molecule has 4 nitrogen and oxygen atoms in total. The van der Waals surface area contributed by atoms with Gasteiger partial charge in [-0.3, -0.25) is 4.79 Å². The first-order valence-corrected chi connectivity index (χ1v) is 5.80. The van der Waals surface area contributed by atoms with E-state index in [1.165, 1.54) is 0 Å². The highest BCUT2D eigenvalue weighted by Crippen LogP contribution is 2.19. The third-order valence-electron chi connectivity index (χ3n) is 2.76. The van der Waals surface area contributed by atoms with E-state index in [4.69, 9.17) is 10.5 Å². The highest BCUT2D eigenvalue weighted by molar-refractivity contribution is 5.82. The van der Waals surface area contributed by atoms with Crippen LogP contribution in [0.3, 0.4) is 0 Å². The summed E-state index contributed by atoms with van der Waals surface area (Å²) in [5.74, 6) is -0.000417. The highest BCUT2D eigenvalue weighted by Gasteiger charge is 2.32. The molecule has 0 aliphatic rings. The maximum atomic E-state index is 12.2.